The number of nitrogens with one attached hydrogen (secondary N) is 1. The van der Waals surface area contributed by atoms with Crippen molar-refractivity contribution in [3.8, 4) is 11.5 Å². The molecule has 1 unspecified atom stereocenters. The third-order valence-electron chi connectivity index (χ3n) is 4.61. The molecule has 1 saturated heterocycles. The average Bonchev–Trinajstić information content (AvgIpc) is 2.64. The molecule has 2 aliphatic rings. The van der Waals surface area contributed by atoms with E-state index >= 15 is 0 Å². The quantitative estimate of drug-likeness (QED) is 0.423. The summed E-state index contributed by atoms with van der Waals surface area (Å²) in [7, 11) is -3.74. The Morgan fingerprint density at radius 1 is 1.16 bits per heavy atom. The second-order valence-electron chi connectivity index (χ2n) is 9.75. The van der Waals surface area contributed by atoms with Gasteiger partial charge in [-0.05, 0) is 51.4 Å². The molecule has 174 valence electrons. The SMILES string of the molecule is C[Si](C)(C)Oc1ccc(CC(=O)NC2C(=O)N3C(C(=O)O)=CCS[C@H]23)c(O[Si](C)(C)C)c1. The number of nitrogens with zero attached hydrogens (tertiary/aromatic N) is 1. The Morgan fingerprint density at radius 3 is 2.41 bits per heavy atom. The lowest BCUT2D eigenvalue weighted by Crippen LogP contribution is -2.70. The van der Waals surface area contributed by atoms with Gasteiger partial charge in [-0.2, -0.15) is 0 Å². The predicted molar refractivity (Wildman–Crippen MR) is 129 cm³/mol. The number of aliphatic carboxylic acids is 1. The van der Waals surface area contributed by atoms with Crippen LogP contribution in [0.15, 0.2) is 30.0 Å². The van der Waals surface area contributed by atoms with Crippen molar-refractivity contribution in [1.82, 2.24) is 10.2 Å². The number of carboxylic acid groups (broad SMARTS) is 1. The Balaban J connectivity index is 1.72. The zero-order valence-electron chi connectivity index (χ0n) is 19.2. The van der Waals surface area contributed by atoms with Crippen molar-refractivity contribution < 1.29 is 28.3 Å². The molecular formula is C21H30N2O6SSi2. The fourth-order valence-corrected chi connectivity index (χ4v) is 6.34. The standard InChI is InChI=1S/C21H30N2O6SSi2/c1-31(2,3)28-14-8-7-13(16(12-14)29-32(4,5)6)11-17(24)22-18-19(25)23-15(21(26)27)9-10-30-20(18)23/h7-9,12,18,20H,10-11H2,1-6H3,(H,22,24)(H,26,27)/t18?,20-/m1/s1. The minimum Gasteiger partial charge on any atom is -0.544 e. The van der Waals surface area contributed by atoms with E-state index < -0.39 is 39.9 Å². The van der Waals surface area contributed by atoms with E-state index in [2.05, 4.69) is 44.6 Å². The van der Waals surface area contributed by atoms with Crippen LogP contribution < -0.4 is 14.2 Å². The zero-order chi connectivity index (χ0) is 23.8. The Bertz CT molecular complexity index is 970. The molecule has 1 aromatic rings. The smallest absolute Gasteiger partial charge is 0.352 e. The molecular weight excluding hydrogens is 464 g/mol. The number of thioether (sulfide) groups is 1. The lowest BCUT2D eigenvalue weighted by molar-refractivity contribution is -0.150. The molecule has 0 radical (unpaired) electrons. The molecule has 1 fully saturated rings. The summed E-state index contributed by atoms with van der Waals surface area (Å²) >= 11 is 1.43. The highest BCUT2D eigenvalue weighted by Gasteiger charge is 2.52. The number of amides is 2. The molecule has 1 aromatic carbocycles. The van der Waals surface area contributed by atoms with Gasteiger partial charge in [-0.1, -0.05) is 6.07 Å². The first-order chi connectivity index (χ1) is 14.7. The first-order valence-corrected chi connectivity index (χ1v) is 18.3. The van der Waals surface area contributed by atoms with Crippen molar-refractivity contribution >= 4 is 46.2 Å². The van der Waals surface area contributed by atoms with Gasteiger partial charge in [0, 0.05) is 17.4 Å². The summed E-state index contributed by atoms with van der Waals surface area (Å²) in [4.78, 5) is 37.9. The summed E-state index contributed by atoms with van der Waals surface area (Å²) in [5.74, 6) is -0.0224. The topological polar surface area (TPSA) is 105 Å². The normalized spacial score (nSPS) is 20.6. The number of β-lactam (4-membered cyclic amide) rings is 1. The van der Waals surface area contributed by atoms with Gasteiger partial charge in [0.1, 0.15) is 28.6 Å². The molecule has 2 aliphatic heterocycles. The number of benzene rings is 1. The van der Waals surface area contributed by atoms with Crippen LogP contribution in [0.3, 0.4) is 0 Å². The molecule has 0 spiro atoms. The van der Waals surface area contributed by atoms with Gasteiger partial charge in [-0.15, -0.1) is 11.8 Å². The van der Waals surface area contributed by atoms with Crippen LogP contribution in [0.5, 0.6) is 11.5 Å². The number of carbonyl (C=O) groups excluding carboxylic acids is 2. The van der Waals surface area contributed by atoms with Crippen LogP contribution in [0.2, 0.25) is 39.3 Å². The van der Waals surface area contributed by atoms with Crippen molar-refractivity contribution in [2.75, 3.05) is 5.75 Å². The summed E-state index contributed by atoms with van der Waals surface area (Å²) in [6, 6.07) is 4.79. The Kier molecular flexibility index (Phi) is 6.82. The van der Waals surface area contributed by atoms with E-state index in [9.17, 15) is 19.5 Å². The average molecular weight is 495 g/mol. The molecule has 32 heavy (non-hydrogen) atoms. The first kappa shape index (κ1) is 24.4. The monoisotopic (exact) mass is 494 g/mol. The minimum absolute atomic E-state index is 0.0203. The van der Waals surface area contributed by atoms with E-state index in [-0.39, 0.29) is 18.0 Å². The fraction of sp³-hybridized carbons (Fsp3) is 0.476. The van der Waals surface area contributed by atoms with Gasteiger partial charge in [0.2, 0.25) is 22.5 Å². The second-order valence-corrected chi connectivity index (χ2v) is 19.8. The molecule has 2 amide bonds. The van der Waals surface area contributed by atoms with E-state index in [4.69, 9.17) is 8.85 Å². The second kappa shape index (κ2) is 8.95. The Hall–Kier alpha value is -2.25. The van der Waals surface area contributed by atoms with Gasteiger partial charge in [-0.3, -0.25) is 14.5 Å². The van der Waals surface area contributed by atoms with Gasteiger partial charge < -0.3 is 19.3 Å². The van der Waals surface area contributed by atoms with E-state index in [1.165, 1.54) is 22.7 Å². The van der Waals surface area contributed by atoms with Crippen molar-refractivity contribution in [1.29, 1.82) is 0 Å². The highest BCUT2D eigenvalue weighted by atomic mass is 32.2. The molecule has 0 aliphatic carbocycles. The maximum atomic E-state index is 12.8. The van der Waals surface area contributed by atoms with Gasteiger partial charge in [0.15, 0.2) is 0 Å². The highest BCUT2D eigenvalue weighted by Crippen LogP contribution is 2.37. The van der Waals surface area contributed by atoms with E-state index in [1.807, 2.05) is 18.2 Å². The van der Waals surface area contributed by atoms with E-state index in [0.717, 1.165) is 11.3 Å². The van der Waals surface area contributed by atoms with Crippen molar-refractivity contribution in [3.63, 3.8) is 0 Å². The number of rotatable bonds is 8. The summed E-state index contributed by atoms with van der Waals surface area (Å²) in [5, 5.41) is 11.7. The Morgan fingerprint density at radius 2 is 1.81 bits per heavy atom. The van der Waals surface area contributed by atoms with Gasteiger partial charge in [0.05, 0.1) is 6.42 Å². The van der Waals surface area contributed by atoms with Crippen LogP contribution in [-0.4, -0.2) is 61.6 Å². The Labute approximate surface area is 194 Å². The molecule has 0 saturated carbocycles. The maximum absolute atomic E-state index is 12.8. The molecule has 2 atom stereocenters. The molecule has 8 nitrogen and oxygen atoms in total. The van der Waals surface area contributed by atoms with Crippen molar-refractivity contribution in [2.24, 2.45) is 0 Å². The third-order valence-corrected chi connectivity index (χ3v) is 7.48. The summed E-state index contributed by atoms with van der Waals surface area (Å²) < 4.78 is 12.3. The number of carboxylic acids is 1. The highest BCUT2D eigenvalue weighted by molar-refractivity contribution is 8.00. The van der Waals surface area contributed by atoms with Crippen molar-refractivity contribution in [2.45, 2.75) is 57.1 Å². The van der Waals surface area contributed by atoms with E-state index in [0.29, 0.717) is 11.5 Å². The van der Waals surface area contributed by atoms with Gasteiger partial charge in [-0.25, -0.2) is 4.79 Å². The predicted octanol–water partition coefficient (Wildman–Crippen LogP) is 3.02. The molecule has 3 rings (SSSR count). The summed E-state index contributed by atoms with van der Waals surface area (Å²) in [6.45, 7) is 12.5. The number of hydrogen-bond donors (Lipinski definition) is 2. The summed E-state index contributed by atoms with van der Waals surface area (Å²) in [5.41, 5.74) is 0.701. The van der Waals surface area contributed by atoms with Crippen LogP contribution >= 0.6 is 11.8 Å². The molecule has 2 heterocycles. The third kappa shape index (κ3) is 5.75. The number of fused-ring (bicyclic) bond motifs is 1. The molecule has 0 aromatic heterocycles. The molecule has 11 heteroatoms. The van der Waals surface area contributed by atoms with Crippen molar-refractivity contribution in [3.05, 3.63) is 35.5 Å². The van der Waals surface area contributed by atoms with Gasteiger partial charge in [0.25, 0.3) is 5.91 Å². The lowest BCUT2D eigenvalue weighted by Gasteiger charge is -2.48. The van der Waals surface area contributed by atoms with Crippen LogP contribution in [0, 0.1) is 0 Å². The van der Waals surface area contributed by atoms with Crippen LogP contribution in [0.25, 0.3) is 0 Å². The van der Waals surface area contributed by atoms with Crippen LogP contribution in [-0.2, 0) is 20.8 Å². The summed E-state index contributed by atoms with van der Waals surface area (Å²) in [6.07, 6.45) is 1.57. The molecule has 0 bridgehead atoms. The molecule has 2 N–H and O–H groups in total. The lowest BCUT2D eigenvalue weighted by atomic mass is 10.0. The van der Waals surface area contributed by atoms with Crippen LogP contribution in [0.4, 0.5) is 0 Å². The maximum Gasteiger partial charge on any atom is 0.352 e. The van der Waals surface area contributed by atoms with Gasteiger partial charge >= 0.3 is 5.97 Å². The number of hydrogen-bond acceptors (Lipinski definition) is 6. The minimum atomic E-state index is -1.94. The number of carbonyl (C=O) groups is 3. The first-order valence-electron chi connectivity index (χ1n) is 10.4. The fourth-order valence-electron chi connectivity index (χ4n) is 3.46. The van der Waals surface area contributed by atoms with Crippen LogP contribution in [0.1, 0.15) is 5.56 Å². The largest absolute Gasteiger partial charge is 0.544 e. The van der Waals surface area contributed by atoms with E-state index in [1.54, 1.807) is 0 Å². The zero-order valence-corrected chi connectivity index (χ0v) is 22.0.